The first-order valence-electron chi connectivity index (χ1n) is 7.25. The Bertz CT molecular complexity index is 520. The number of rotatable bonds is 2. The fourth-order valence-corrected chi connectivity index (χ4v) is 3.60. The maximum absolute atomic E-state index is 12.4. The minimum atomic E-state index is -0.111. The van der Waals surface area contributed by atoms with E-state index in [0.29, 0.717) is 22.3 Å². The molecule has 0 aliphatic carbocycles. The summed E-state index contributed by atoms with van der Waals surface area (Å²) in [5.74, 6) is -0.111. The van der Waals surface area contributed by atoms with E-state index in [4.69, 9.17) is 17.3 Å². The highest BCUT2D eigenvalue weighted by molar-refractivity contribution is 6.36. The van der Waals surface area contributed by atoms with Crippen LogP contribution >= 0.6 is 11.6 Å². The lowest BCUT2D eigenvalue weighted by Crippen LogP contribution is -2.46. The molecule has 2 atom stereocenters. The van der Waals surface area contributed by atoms with Crippen LogP contribution in [-0.2, 0) is 0 Å². The SMILES string of the molecule is Nc1cccc(C(=O)NC2CCN3CCCCC23)c1Cl. The number of benzene rings is 1. The summed E-state index contributed by atoms with van der Waals surface area (Å²) in [5, 5.41) is 3.49. The molecule has 3 rings (SSSR count). The average Bonchev–Trinajstić information content (AvgIpc) is 2.85. The van der Waals surface area contributed by atoms with Gasteiger partial charge in [-0.15, -0.1) is 0 Å². The van der Waals surface area contributed by atoms with Gasteiger partial charge in [-0.25, -0.2) is 0 Å². The standard InChI is InChI=1S/C15H20ClN3O/c16-14-10(4-3-5-11(14)17)15(20)18-12-7-9-19-8-2-1-6-13(12)19/h3-5,12-13H,1-2,6-9,17H2,(H,18,20). The summed E-state index contributed by atoms with van der Waals surface area (Å²) in [5.41, 5.74) is 6.67. The van der Waals surface area contributed by atoms with Crippen molar-refractivity contribution in [3.8, 4) is 0 Å². The van der Waals surface area contributed by atoms with E-state index in [1.165, 1.54) is 19.3 Å². The molecular weight excluding hydrogens is 274 g/mol. The molecule has 0 radical (unpaired) electrons. The number of hydrogen-bond donors (Lipinski definition) is 2. The number of carbonyl (C=O) groups excluding carboxylic acids is 1. The number of nitrogens with one attached hydrogen (secondary N) is 1. The molecule has 2 aliphatic rings. The molecular formula is C15H20ClN3O. The maximum Gasteiger partial charge on any atom is 0.253 e. The second kappa shape index (κ2) is 5.62. The van der Waals surface area contributed by atoms with Crippen molar-refractivity contribution in [2.75, 3.05) is 18.8 Å². The van der Waals surface area contributed by atoms with Crippen molar-refractivity contribution in [2.24, 2.45) is 0 Å². The summed E-state index contributed by atoms with van der Waals surface area (Å²) < 4.78 is 0. The number of nitrogens with two attached hydrogens (primary N) is 1. The number of nitrogen functional groups attached to an aromatic ring is 1. The zero-order chi connectivity index (χ0) is 14.1. The number of carbonyl (C=O) groups is 1. The lowest BCUT2D eigenvalue weighted by molar-refractivity contribution is 0.0915. The van der Waals surface area contributed by atoms with Gasteiger partial charge in [0.1, 0.15) is 0 Å². The second-order valence-corrected chi connectivity index (χ2v) is 6.05. The molecule has 0 spiro atoms. The van der Waals surface area contributed by atoms with Crippen molar-refractivity contribution in [3.63, 3.8) is 0 Å². The number of anilines is 1. The third-order valence-corrected chi connectivity index (χ3v) is 4.87. The predicted octanol–water partition coefficient (Wildman–Crippen LogP) is 2.28. The van der Waals surface area contributed by atoms with Gasteiger partial charge in [0.25, 0.3) is 5.91 Å². The van der Waals surface area contributed by atoms with Gasteiger partial charge in [-0.2, -0.15) is 0 Å². The van der Waals surface area contributed by atoms with Gasteiger partial charge in [-0.05, 0) is 37.9 Å². The minimum absolute atomic E-state index is 0.111. The summed E-state index contributed by atoms with van der Waals surface area (Å²) in [7, 11) is 0. The van der Waals surface area contributed by atoms with Crippen molar-refractivity contribution in [3.05, 3.63) is 28.8 Å². The van der Waals surface area contributed by atoms with E-state index in [0.717, 1.165) is 19.5 Å². The van der Waals surface area contributed by atoms with E-state index in [2.05, 4.69) is 10.2 Å². The van der Waals surface area contributed by atoms with E-state index in [1.807, 2.05) is 0 Å². The molecule has 2 saturated heterocycles. The van der Waals surface area contributed by atoms with Crippen molar-refractivity contribution in [2.45, 2.75) is 37.8 Å². The minimum Gasteiger partial charge on any atom is -0.398 e. The number of piperidine rings is 1. The van der Waals surface area contributed by atoms with Gasteiger partial charge in [0.2, 0.25) is 0 Å². The molecule has 1 amide bonds. The van der Waals surface area contributed by atoms with Crippen LogP contribution in [0.4, 0.5) is 5.69 Å². The van der Waals surface area contributed by atoms with Gasteiger partial charge >= 0.3 is 0 Å². The van der Waals surface area contributed by atoms with Crippen molar-refractivity contribution >= 4 is 23.2 Å². The van der Waals surface area contributed by atoms with Gasteiger partial charge in [-0.3, -0.25) is 9.69 Å². The van der Waals surface area contributed by atoms with Crippen LogP contribution in [0.3, 0.4) is 0 Å². The van der Waals surface area contributed by atoms with Crippen LogP contribution in [0.5, 0.6) is 0 Å². The molecule has 20 heavy (non-hydrogen) atoms. The molecule has 0 saturated carbocycles. The van der Waals surface area contributed by atoms with E-state index in [9.17, 15) is 4.79 Å². The Morgan fingerprint density at radius 2 is 2.15 bits per heavy atom. The smallest absolute Gasteiger partial charge is 0.253 e. The molecule has 4 nitrogen and oxygen atoms in total. The molecule has 2 aliphatic heterocycles. The van der Waals surface area contributed by atoms with Gasteiger partial charge in [0.05, 0.1) is 16.3 Å². The van der Waals surface area contributed by atoms with Crippen LogP contribution in [0.25, 0.3) is 0 Å². The van der Waals surface area contributed by atoms with Gasteiger partial charge < -0.3 is 11.1 Å². The third kappa shape index (κ3) is 2.50. The fraction of sp³-hybridized carbons (Fsp3) is 0.533. The highest BCUT2D eigenvalue weighted by Crippen LogP contribution is 2.28. The topological polar surface area (TPSA) is 58.4 Å². The molecule has 2 unspecified atom stereocenters. The Labute approximate surface area is 124 Å². The quantitative estimate of drug-likeness (QED) is 0.823. The van der Waals surface area contributed by atoms with Crippen LogP contribution in [-0.4, -0.2) is 36.0 Å². The number of hydrogen-bond acceptors (Lipinski definition) is 3. The Balaban J connectivity index is 1.71. The van der Waals surface area contributed by atoms with Crippen LogP contribution in [0.2, 0.25) is 5.02 Å². The van der Waals surface area contributed by atoms with Crippen LogP contribution in [0.1, 0.15) is 36.0 Å². The monoisotopic (exact) mass is 293 g/mol. The van der Waals surface area contributed by atoms with Crippen molar-refractivity contribution in [1.29, 1.82) is 0 Å². The second-order valence-electron chi connectivity index (χ2n) is 5.68. The molecule has 0 bridgehead atoms. The number of fused-ring (bicyclic) bond motifs is 1. The molecule has 2 fully saturated rings. The largest absolute Gasteiger partial charge is 0.398 e. The number of halogens is 1. The molecule has 108 valence electrons. The molecule has 3 N–H and O–H groups in total. The maximum atomic E-state index is 12.4. The summed E-state index contributed by atoms with van der Waals surface area (Å²) in [4.78, 5) is 14.9. The molecule has 2 heterocycles. The van der Waals surface area contributed by atoms with Gasteiger partial charge in [-0.1, -0.05) is 24.1 Å². The lowest BCUT2D eigenvalue weighted by atomic mass is 9.99. The highest BCUT2D eigenvalue weighted by Gasteiger charge is 2.36. The zero-order valence-corrected chi connectivity index (χ0v) is 12.2. The van der Waals surface area contributed by atoms with Crippen LogP contribution in [0, 0.1) is 0 Å². The lowest BCUT2D eigenvalue weighted by Gasteiger charge is -2.32. The Kier molecular flexibility index (Phi) is 3.85. The van der Waals surface area contributed by atoms with Crippen LogP contribution < -0.4 is 11.1 Å². The predicted molar refractivity (Wildman–Crippen MR) is 80.9 cm³/mol. The van der Waals surface area contributed by atoms with E-state index < -0.39 is 0 Å². The molecule has 1 aromatic rings. The number of amides is 1. The first-order valence-corrected chi connectivity index (χ1v) is 7.63. The third-order valence-electron chi connectivity index (χ3n) is 4.45. The Morgan fingerprint density at radius 1 is 1.30 bits per heavy atom. The van der Waals surface area contributed by atoms with Gasteiger partial charge in [0, 0.05) is 18.6 Å². The zero-order valence-electron chi connectivity index (χ0n) is 11.4. The first kappa shape index (κ1) is 13.7. The fourth-order valence-electron chi connectivity index (χ4n) is 3.39. The highest BCUT2D eigenvalue weighted by atomic mass is 35.5. The van der Waals surface area contributed by atoms with E-state index in [-0.39, 0.29) is 11.9 Å². The normalized spacial score (nSPS) is 26.2. The Morgan fingerprint density at radius 3 is 3.00 bits per heavy atom. The molecule has 1 aromatic carbocycles. The van der Waals surface area contributed by atoms with E-state index >= 15 is 0 Å². The van der Waals surface area contributed by atoms with Crippen molar-refractivity contribution in [1.82, 2.24) is 10.2 Å². The molecule has 5 heteroatoms. The van der Waals surface area contributed by atoms with Gasteiger partial charge in [0.15, 0.2) is 0 Å². The van der Waals surface area contributed by atoms with Crippen LogP contribution in [0.15, 0.2) is 18.2 Å². The number of nitrogens with zero attached hydrogens (tertiary/aromatic N) is 1. The average molecular weight is 294 g/mol. The van der Waals surface area contributed by atoms with Crippen molar-refractivity contribution < 1.29 is 4.79 Å². The summed E-state index contributed by atoms with van der Waals surface area (Å²) in [6, 6.07) is 5.92. The summed E-state index contributed by atoms with van der Waals surface area (Å²) in [6.07, 6.45) is 4.73. The Hall–Kier alpha value is -1.26. The molecule has 0 aromatic heterocycles. The first-order chi connectivity index (χ1) is 9.66. The summed E-state index contributed by atoms with van der Waals surface area (Å²) >= 11 is 6.11. The summed E-state index contributed by atoms with van der Waals surface area (Å²) in [6.45, 7) is 2.25. The van der Waals surface area contributed by atoms with E-state index in [1.54, 1.807) is 18.2 Å².